The molecule has 0 radical (unpaired) electrons. The van der Waals surface area contributed by atoms with Crippen LogP contribution in [0.25, 0.3) is 11.0 Å². The van der Waals surface area contributed by atoms with Gasteiger partial charge in [0.1, 0.15) is 5.65 Å². The number of rotatable bonds is 4. The number of aromatic nitrogens is 3. The third kappa shape index (κ3) is 2.96. The van der Waals surface area contributed by atoms with Crippen molar-refractivity contribution in [3.05, 3.63) is 38.7 Å². The van der Waals surface area contributed by atoms with Gasteiger partial charge in [-0.15, -0.1) is 0 Å². The zero-order valence-electron chi connectivity index (χ0n) is 13.8. The lowest BCUT2D eigenvalue weighted by atomic mass is 10.1. The molecule has 128 valence electrons. The smallest absolute Gasteiger partial charge is 0.332 e. The van der Waals surface area contributed by atoms with Crippen LogP contribution in [0.3, 0.4) is 0 Å². The standard InChI is InChI=1S/C16H21N5O3/c1-20-13-12(15(23)21(2)16(20)24)7-11(9-19-13)14(22)18-6-4-10-3-5-17-8-10/h7,9-10,17H,3-6,8H2,1-2H3,(H,18,22). The highest BCUT2D eigenvalue weighted by atomic mass is 16.2. The van der Waals surface area contributed by atoms with Crippen molar-refractivity contribution < 1.29 is 4.79 Å². The summed E-state index contributed by atoms with van der Waals surface area (Å²) in [5.41, 5.74) is -0.297. The Labute approximate surface area is 138 Å². The number of carbonyl (C=O) groups is 1. The molecule has 1 atom stereocenters. The van der Waals surface area contributed by atoms with E-state index in [4.69, 9.17) is 0 Å². The van der Waals surface area contributed by atoms with Crippen molar-refractivity contribution in [3.63, 3.8) is 0 Å². The van der Waals surface area contributed by atoms with E-state index in [0.29, 0.717) is 18.0 Å². The molecule has 0 bridgehead atoms. The molecule has 0 spiro atoms. The van der Waals surface area contributed by atoms with Crippen LogP contribution < -0.4 is 21.9 Å². The van der Waals surface area contributed by atoms with Gasteiger partial charge < -0.3 is 10.6 Å². The first-order valence-corrected chi connectivity index (χ1v) is 8.03. The van der Waals surface area contributed by atoms with E-state index in [9.17, 15) is 14.4 Å². The van der Waals surface area contributed by atoms with Gasteiger partial charge in [-0.25, -0.2) is 9.78 Å². The topological polar surface area (TPSA) is 98.0 Å². The largest absolute Gasteiger partial charge is 0.352 e. The van der Waals surface area contributed by atoms with E-state index in [1.165, 1.54) is 23.9 Å². The number of pyridine rings is 1. The van der Waals surface area contributed by atoms with Crippen LogP contribution >= 0.6 is 0 Å². The molecule has 3 heterocycles. The number of carbonyl (C=O) groups excluding carboxylic acids is 1. The summed E-state index contributed by atoms with van der Waals surface area (Å²) in [6.45, 7) is 2.63. The van der Waals surface area contributed by atoms with Gasteiger partial charge in [-0.1, -0.05) is 0 Å². The first-order chi connectivity index (χ1) is 11.5. The Morgan fingerprint density at radius 1 is 1.38 bits per heavy atom. The molecule has 2 aromatic heterocycles. The van der Waals surface area contributed by atoms with Gasteiger partial charge in [-0.3, -0.25) is 18.7 Å². The lowest BCUT2D eigenvalue weighted by Crippen LogP contribution is -2.37. The molecule has 3 rings (SSSR count). The molecule has 8 heteroatoms. The summed E-state index contributed by atoms with van der Waals surface area (Å²) in [4.78, 5) is 40.5. The molecule has 2 aromatic rings. The summed E-state index contributed by atoms with van der Waals surface area (Å²) in [5.74, 6) is 0.341. The summed E-state index contributed by atoms with van der Waals surface area (Å²) >= 11 is 0. The first kappa shape index (κ1) is 16.4. The highest BCUT2D eigenvalue weighted by molar-refractivity contribution is 5.96. The zero-order chi connectivity index (χ0) is 17.3. The number of hydrogen-bond acceptors (Lipinski definition) is 5. The second kappa shape index (κ2) is 6.56. The van der Waals surface area contributed by atoms with Gasteiger partial charge in [0.25, 0.3) is 11.5 Å². The van der Waals surface area contributed by atoms with Gasteiger partial charge in [0.15, 0.2) is 0 Å². The van der Waals surface area contributed by atoms with Gasteiger partial charge in [-0.05, 0) is 37.9 Å². The SMILES string of the molecule is Cn1c(=O)c2cc(C(=O)NCCC3CCNC3)cnc2n(C)c1=O. The summed E-state index contributed by atoms with van der Waals surface area (Å²) in [7, 11) is 2.96. The number of nitrogens with one attached hydrogen (secondary N) is 2. The molecule has 0 saturated carbocycles. The molecule has 0 aromatic carbocycles. The number of aryl methyl sites for hydroxylation is 1. The molecule has 1 unspecified atom stereocenters. The van der Waals surface area contributed by atoms with E-state index in [1.54, 1.807) is 7.05 Å². The second-order valence-corrected chi connectivity index (χ2v) is 6.20. The van der Waals surface area contributed by atoms with Crippen LogP contribution in [0.2, 0.25) is 0 Å². The summed E-state index contributed by atoms with van der Waals surface area (Å²) in [6.07, 6.45) is 3.46. The minimum atomic E-state index is -0.452. The Bertz CT molecular complexity index is 893. The van der Waals surface area contributed by atoms with Crippen molar-refractivity contribution in [1.82, 2.24) is 24.8 Å². The fraction of sp³-hybridized carbons (Fsp3) is 0.500. The van der Waals surface area contributed by atoms with Crippen LogP contribution in [0.5, 0.6) is 0 Å². The van der Waals surface area contributed by atoms with Gasteiger partial charge in [0, 0.05) is 26.8 Å². The molecule has 1 aliphatic heterocycles. The van der Waals surface area contributed by atoms with Crippen molar-refractivity contribution in [1.29, 1.82) is 0 Å². The van der Waals surface area contributed by atoms with Crippen LogP contribution in [-0.4, -0.2) is 39.7 Å². The zero-order valence-corrected chi connectivity index (χ0v) is 13.8. The van der Waals surface area contributed by atoms with E-state index in [1.807, 2.05) is 0 Å². The molecule has 8 nitrogen and oxygen atoms in total. The van der Waals surface area contributed by atoms with E-state index >= 15 is 0 Å². The molecule has 24 heavy (non-hydrogen) atoms. The predicted molar refractivity (Wildman–Crippen MR) is 90.2 cm³/mol. The van der Waals surface area contributed by atoms with Crippen LogP contribution in [0.15, 0.2) is 21.9 Å². The monoisotopic (exact) mass is 331 g/mol. The van der Waals surface area contributed by atoms with Gasteiger partial charge >= 0.3 is 5.69 Å². The Morgan fingerprint density at radius 2 is 2.17 bits per heavy atom. The Balaban J connectivity index is 1.81. The van der Waals surface area contributed by atoms with E-state index in [-0.39, 0.29) is 16.9 Å². The Kier molecular flexibility index (Phi) is 4.48. The molecule has 0 aliphatic carbocycles. The van der Waals surface area contributed by atoms with E-state index in [2.05, 4.69) is 15.6 Å². The van der Waals surface area contributed by atoms with Crippen molar-refractivity contribution in [3.8, 4) is 0 Å². The van der Waals surface area contributed by atoms with Crippen LogP contribution in [0.4, 0.5) is 0 Å². The minimum Gasteiger partial charge on any atom is -0.352 e. The number of fused-ring (bicyclic) bond motifs is 1. The molecular weight excluding hydrogens is 310 g/mol. The predicted octanol–water partition coefficient (Wildman–Crippen LogP) is -0.638. The first-order valence-electron chi connectivity index (χ1n) is 8.03. The van der Waals surface area contributed by atoms with E-state index < -0.39 is 11.2 Å². The van der Waals surface area contributed by atoms with Gasteiger partial charge in [0.05, 0.1) is 10.9 Å². The average Bonchev–Trinajstić information content (AvgIpc) is 3.11. The van der Waals surface area contributed by atoms with Gasteiger partial charge in [0.2, 0.25) is 0 Å². The fourth-order valence-corrected chi connectivity index (χ4v) is 3.04. The highest BCUT2D eigenvalue weighted by Gasteiger charge is 2.16. The summed E-state index contributed by atoms with van der Waals surface area (Å²) in [6, 6.07) is 1.50. The molecule has 1 fully saturated rings. The van der Waals surface area contributed by atoms with Crippen molar-refractivity contribution >= 4 is 16.9 Å². The van der Waals surface area contributed by atoms with Crippen LogP contribution in [0, 0.1) is 5.92 Å². The second-order valence-electron chi connectivity index (χ2n) is 6.20. The summed E-state index contributed by atoms with van der Waals surface area (Å²) < 4.78 is 2.31. The molecule has 1 aliphatic rings. The Hall–Kier alpha value is -2.48. The minimum absolute atomic E-state index is 0.257. The third-order valence-corrected chi connectivity index (χ3v) is 4.56. The molecular formula is C16H21N5O3. The summed E-state index contributed by atoms with van der Waals surface area (Å²) in [5, 5.41) is 6.42. The lowest BCUT2D eigenvalue weighted by Gasteiger charge is -2.10. The number of nitrogens with zero attached hydrogens (tertiary/aromatic N) is 3. The van der Waals surface area contributed by atoms with Gasteiger partial charge in [-0.2, -0.15) is 0 Å². The van der Waals surface area contributed by atoms with Crippen molar-refractivity contribution in [2.45, 2.75) is 12.8 Å². The van der Waals surface area contributed by atoms with Crippen LogP contribution in [0.1, 0.15) is 23.2 Å². The van der Waals surface area contributed by atoms with E-state index in [0.717, 1.165) is 30.5 Å². The maximum absolute atomic E-state index is 12.3. The molecule has 1 amide bonds. The van der Waals surface area contributed by atoms with Crippen LogP contribution in [-0.2, 0) is 14.1 Å². The molecule has 1 saturated heterocycles. The fourth-order valence-electron chi connectivity index (χ4n) is 3.04. The van der Waals surface area contributed by atoms with Crippen molar-refractivity contribution in [2.75, 3.05) is 19.6 Å². The van der Waals surface area contributed by atoms with Crippen molar-refractivity contribution in [2.24, 2.45) is 20.0 Å². The number of amides is 1. The quantitative estimate of drug-likeness (QED) is 0.777. The molecule has 2 N–H and O–H groups in total. The maximum Gasteiger partial charge on any atom is 0.332 e. The Morgan fingerprint density at radius 3 is 2.88 bits per heavy atom. The maximum atomic E-state index is 12.3. The normalized spacial score (nSPS) is 17.3. The lowest BCUT2D eigenvalue weighted by molar-refractivity contribution is 0.0951. The average molecular weight is 331 g/mol. The number of hydrogen-bond donors (Lipinski definition) is 2. The third-order valence-electron chi connectivity index (χ3n) is 4.56. The highest BCUT2D eigenvalue weighted by Crippen LogP contribution is 2.11.